The zero-order valence-corrected chi connectivity index (χ0v) is 9.96. The zero-order chi connectivity index (χ0) is 13.0. The van der Waals surface area contributed by atoms with Gasteiger partial charge in [-0.3, -0.25) is 0 Å². The molecule has 0 spiro atoms. The molecule has 5 heteroatoms. The van der Waals surface area contributed by atoms with Crippen LogP contribution in [-0.4, -0.2) is 12.4 Å². The van der Waals surface area contributed by atoms with E-state index in [4.69, 9.17) is 0 Å². The first-order valence-electron chi connectivity index (χ1n) is 6.15. The summed E-state index contributed by atoms with van der Waals surface area (Å²) >= 11 is 0. The van der Waals surface area contributed by atoms with Crippen LogP contribution >= 0.6 is 0 Å². The van der Waals surface area contributed by atoms with Gasteiger partial charge in [-0.1, -0.05) is 19.3 Å². The van der Waals surface area contributed by atoms with Crippen LogP contribution in [0.5, 0.6) is 5.75 Å². The van der Waals surface area contributed by atoms with Gasteiger partial charge in [-0.15, -0.1) is 13.2 Å². The van der Waals surface area contributed by atoms with Gasteiger partial charge < -0.3 is 10.1 Å². The Balaban J connectivity index is 1.90. The van der Waals surface area contributed by atoms with Crippen molar-refractivity contribution < 1.29 is 17.9 Å². The van der Waals surface area contributed by atoms with Gasteiger partial charge in [-0.05, 0) is 37.1 Å². The Bertz CT molecular complexity index is 369. The third-order valence-corrected chi connectivity index (χ3v) is 3.06. The molecule has 1 aromatic rings. The standard InChI is InChI=1S/C13H16F3NO/c14-13(15,16)18-12-8-6-11(7-9-12)17-10-4-2-1-3-5-10/h6-10,17H,1-5H2. The van der Waals surface area contributed by atoms with Gasteiger partial charge >= 0.3 is 6.36 Å². The van der Waals surface area contributed by atoms with Crippen LogP contribution in [0.25, 0.3) is 0 Å². The number of alkyl halides is 3. The fourth-order valence-corrected chi connectivity index (χ4v) is 2.24. The molecule has 0 atom stereocenters. The van der Waals surface area contributed by atoms with Crippen LogP contribution in [0.4, 0.5) is 18.9 Å². The molecule has 100 valence electrons. The van der Waals surface area contributed by atoms with Crippen molar-refractivity contribution in [2.24, 2.45) is 0 Å². The molecule has 0 heterocycles. The van der Waals surface area contributed by atoms with E-state index < -0.39 is 6.36 Å². The topological polar surface area (TPSA) is 21.3 Å². The molecule has 1 aliphatic carbocycles. The van der Waals surface area contributed by atoms with Crippen molar-refractivity contribution in [1.29, 1.82) is 0 Å². The maximum atomic E-state index is 12.0. The number of hydrogen-bond acceptors (Lipinski definition) is 2. The van der Waals surface area contributed by atoms with Crippen LogP contribution in [0, 0.1) is 0 Å². The smallest absolute Gasteiger partial charge is 0.406 e. The van der Waals surface area contributed by atoms with Crippen molar-refractivity contribution in [3.63, 3.8) is 0 Å². The summed E-state index contributed by atoms with van der Waals surface area (Å²) in [4.78, 5) is 0. The Morgan fingerprint density at radius 1 is 1.00 bits per heavy atom. The van der Waals surface area contributed by atoms with Crippen molar-refractivity contribution in [1.82, 2.24) is 0 Å². The van der Waals surface area contributed by atoms with E-state index in [1.165, 1.54) is 31.4 Å². The Labute approximate surface area is 104 Å². The van der Waals surface area contributed by atoms with Crippen LogP contribution in [0.1, 0.15) is 32.1 Å². The number of benzene rings is 1. The van der Waals surface area contributed by atoms with Gasteiger partial charge in [0.15, 0.2) is 0 Å². The van der Waals surface area contributed by atoms with E-state index >= 15 is 0 Å². The molecule has 18 heavy (non-hydrogen) atoms. The van der Waals surface area contributed by atoms with Crippen LogP contribution < -0.4 is 10.1 Å². The molecular formula is C13H16F3NO. The SMILES string of the molecule is FC(F)(F)Oc1ccc(NC2CCCCC2)cc1. The zero-order valence-electron chi connectivity index (χ0n) is 9.96. The molecule has 0 aromatic heterocycles. The maximum absolute atomic E-state index is 12.0. The van der Waals surface area contributed by atoms with Crippen molar-refractivity contribution >= 4 is 5.69 Å². The van der Waals surface area contributed by atoms with Gasteiger partial charge in [0.2, 0.25) is 0 Å². The third kappa shape index (κ3) is 4.13. The van der Waals surface area contributed by atoms with Crippen LogP contribution in [-0.2, 0) is 0 Å². The fourth-order valence-electron chi connectivity index (χ4n) is 2.24. The summed E-state index contributed by atoms with van der Waals surface area (Å²) in [5.41, 5.74) is 0.844. The predicted octanol–water partition coefficient (Wildman–Crippen LogP) is 4.33. The summed E-state index contributed by atoms with van der Waals surface area (Å²) in [5, 5.41) is 3.33. The summed E-state index contributed by atoms with van der Waals surface area (Å²) in [6.07, 6.45) is 1.33. The molecule has 0 amide bonds. The summed E-state index contributed by atoms with van der Waals surface area (Å²) in [7, 11) is 0. The lowest BCUT2D eigenvalue weighted by molar-refractivity contribution is -0.274. The highest BCUT2D eigenvalue weighted by atomic mass is 19.4. The highest BCUT2D eigenvalue weighted by Crippen LogP contribution is 2.26. The van der Waals surface area contributed by atoms with Gasteiger partial charge in [0, 0.05) is 11.7 Å². The normalized spacial score (nSPS) is 17.5. The molecule has 0 radical (unpaired) electrons. The van der Waals surface area contributed by atoms with Crippen LogP contribution in [0.2, 0.25) is 0 Å². The van der Waals surface area contributed by atoms with E-state index in [1.807, 2.05) is 0 Å². The number of rotatable bonds is 3. The second-order valence-corrected chi connectivity index (χ2v) is 4.55. The Morgan fingerprint density at radius 2 is 1.61 bits per heavy atom. The summed E-state index contributed by atoms with van der Waals surface area (Å²) < 4.78 is 39.7. The van der Waals surface area contributed by atoms with E-state index in [9.17, 15) is 13.2 Å². The molecule has 1 aromatic carbocycles. The van der Waals surface area contributed by atoms with Crippen LogP contribution in [0.15, 0.2) is 24.3 Å². The number of ether oxygens (including phenoxy) is 1. The number of nitrogens with one attached hydrogen (secondary N) is 1. The van der Waals surface area contributed by atoms with E-state index in [0.717, 1.165) is 18.5 Å². The predicted molar refractivity (Wildman–Crippen MR) is 63.6 cm³/mol. The lowest BCUT2D eigenvalue weighted by Gasteiger charge is -2.23. The summed E-state index contributed by atoms with van der Waals surface area (Å²) in [5.74, 6) is -0.184. The average molecular weight is 259 g/mol. The first kappa shape index (κ1) is 13.1. The van der Waals surface area contributed by atoms with E-state index in [2.05, 4.69) is 10.1 Å². The number of anilines is 1. The van der Waals surface area contributed by atoms with Crippen molar-refractivity contribution in [2.75, 3.05) is 5.32 Å². The molecule has 0 saturated heterocycles. The highest BCUT2D eigenvalue weighted by Gasteiger charge is 2.30. The van der Waals surface area contributed by atoms with E-state index in [1.54, 1.807) is 12.1 Å². The monoisotopic (exact) mass is 259 g/mol. The molecule has 1 saturated carbocycles. The van der Waals surface area contributed by atoms with Crippen LogP contribution in [0.3, 0.4) is 0 Å². The van der Waals surface area contributed by atoms with Gasteiger partial charge in [0.05, 0.1) is 0 Å². The Hall–Kier alpha value is -1.39. The molecule has 1 fully saturated rings. The maximum Gasteiger partial charge on any atom is 0.573 e. The lowest BCUT2D eigenvalue weighted by atomic mass is 9.95. The fraction of sp³-hybridized carbons (Fsp3) is 0.538. The second kappa shape index (κ2) is 5.50. The first-order valence-corrected chi connectivity index (χ1v) is 6.15. The molecule has 0 aliphatic heterocycles. The quantitative estimate of drug-likeness (QED) is 0.872. The molecule has 0 unspecified atom stereocenters. The Morgan fingerprint density at radius 3 is 2.17 bits per heavy atom. The minimum atomic E-state index is -4.63. The largest absolute Gasteiger partial charge is 0.573 e. The minimum absolute atomic E-state index is 0.184. The van der Waals surface area contributed by atoms with Gasteiger partial charge in [-0.2, -0.15) is 0 Å². The highest BCUT2D eigenvalue weighted by molar-refractivity contribution is 5.47. The lowest BCUT2D eigenvalue weighted by Crippen LogP contribution is -2.22. The molecule has 1 N–H and O–H groups in total. The van der Waals surface area contributed by atoms with Crippen molar-refractivity contribution in [3.8, 4) is 5.75 Å². The minimum Gasteiger partial charge on any atom is -0.406 e. The molecule has 1 aliphatic rings. The molecular weight excluding hydrogens is 243 g/mol. The number of halogens is 3. The van der Waals surface area contributed by atoms with Crippen molar-refractivity contribution in [2.45, 2.75) is 44.5 Å². The second-order valence-electron chi connectivity index (χ2n) is 4.55. The number of hydrogen-bond donors (Lipinski definition) is 1. The first-order chi connectivity index (χ1) is 8.53. The summed E-state index contributed by atoms with van der Waals surface area (Å²) in [6, 6.07) is 6.34. The molecule has 0 bridgehead atoms. The molecule has 2 nitrogen and oxygen atoms in total. The van der Waals surface area contributed by atoms with E-state index in [-0.39, 0.29) is 5.75 Å². The molecule has 2 rings (SSSR count). The average Bonchev–Trinajstić information content (AvgIpc) is 2.31. The summed E-state index contributed by atoms with van der Waals surface area (Å²) in [6.45, 7) is 0. The van der Waals surface area contributed by atoms with Gasteiger partial charge in [-0.25, -0.2) is 0 Å². The van der Waals surface area contributed by atoms with Gasteiger partial charge in [0.25, 0.3) is 0 Å². The Kier molecular flexibility index (Phi) is 3.99. The third-order valence-electron chi connectivity index (χ3n) is 3.06. The van der Waals surface area contributed by atoms with E-state index in [0.29, 0.717) is 6.04 Å². The van der Waals surface area contributed by atoms with Gasteiger partial charge in [0.1, 0.15) is 5.75 Å². The van der Waals surface area contributed by atoms with Crippen molar-refractivity contribution in [3.05, 3.63) is 24.3 Å².